The van der Waals surface area contributed by atoms with Crippen molar-refractivity contribution in [2.45, 2.75) is 26.7 Å². The van der Waals surface area contributed by atoms with Gasteiger partial charge in [0.05, 0.1) is 5.69 Å². The molecule has 0 heterocycles. The molecule has 2 aromatic carbocycles. The fourth-order valence-electron chi connectivity index (χ4n) is 2.48. The molecule has 0 unspecified atom stereocenters. The second kappa shape index (κ2) is 7.27. The number of hydrogen-bond acceptors (Lipinski definition) is 1. The average Bonchev–Trinajstić information content (AvgIpc) is 2.60. The van der Waals surface area contributed by atoms with Gasteiger partial charge in [-0.05, 0) is 48.2 Å². The van der Waals surface area contributed by atoms with Crippen LogP contribution in [0.2, 0.25) is 0 Å². The van der Waals surface area contributed by atoms with Gasteiger partial charge in [0.2, 0.25) is 5.96 Å². The highest BCUT2D eigenvalue weighted by molar-refractivity contribution is 6.04. The zero-order valence-corrected chi connectivity index (χ0v) is 14.2. The molecule has 0 aromatic heterocycles. The lowest BCUT2D eigenvalue weighted by Gasteiger charge is -2.29. The van der Waals surface area contributed by atoms with Crippen molar-refractivity contribution >= 4 is 17.3 Å². The Labute approximate surface area is 137 Å². The quantitative estimate of drug-likeness (QED) is 0.667. The van der Waals surface area contributed by atoms with Gasteiger partial charge in [-0.2, -0.15) is 0 Å². The van der Waals surface area contributed by atoms with E-state index in [9.17, 15) is 4.39 Å². The highest BCUT2D eigenvalue weighted by Crippen LogP contribution is 2.23. The maximum Gasteiger partial charge on any atom is 0.202 e. The van der Waals surface area contributed by atoms with Crippen LogP contribution in [0.5, 0.6) is 0 Å². The first-order valence-corrected chi connectivity index (χ1v) is 7.91. The molecule has 0 aliphatic carbocycles. The molecule has 0 saturated carbocycles. The van der Waals surface area contributed by atoms with E-state index in [0.717, 1.165) is 24.1 Å². The van der Waals surface area contributed by atoms with Crippen molar-refractivity contribution in [1.29, 1.82) is 5.41 Å². The summed E-state index contributed by atoms with van der Waals surface area (Å²) >= 11 is 0. The van der Waals surface area contributed by atoms with Crippen molar-refractivity contribution in [3.05, 3.63) is 59.4 Å². The van der Waals surface area contributed by atoms with Crippen LogP contribution in [0.15, 0.2) is 42.5 Å². The van der Waals surface area contributed by atoms with Gasteiger partial charge in [0.25, 0.3) is 0 Å². The number of halogens is 1. The normalized spacial score (nSPS) is 10.5. The van der Waals surface area contributed by atoms with Crippen molar-refractivity contribution < 1.29 is 4.39 Å². The van der Waals surface area contributed by atoms with E-state index in [1.165, 1.54) is 11.6 Å². The van der Waals surface area contributed by atoms with Crippen molar-refractivity contribution in [3.63, 3.8) is 0 Å². The molecule has 0 atom stereocenters. The summed E-state index contributed by atoms with van der Waals surface area (Å²) in [6, 6.07) is 13.1. The monoisotopic (exact) mass is 313 g/mol. The molecule has 2 rings (SSSR count). The van der Waals surface area contributed by atoms with E-state index in [4.69, 9.17) is 5.41 Å². The minimum atomic E-state index is -0.315. The number of nitrogens with zero attached hydrogens (tertiary/aromatic N) is 2. The lowest BCUT2D eigenvalue weighted by atomic mass is 10.1. The maximum absolute atomic E-state index is 14.1. The molecule has 122 valence electrons. The van der Waals surface area contributed by atoms with Crippen molar-refractivity contribution in [2.75, 3.05) is 23.9 Å². The number of anilines is 2. The first kappa shape index (κ1) is 17.0. The second-order valence-electron chi connectivity index (χ2n) is 5.60. The summed E-state index contributed by atoms with van der Waals surface area (Å²) in [5.74, 6) is -0.0874. The predicted molar refractivity (Wildman–Crippen MR) is 96.1 cm³/mol. The van der Waals surface area contributed by atoms with Crippen molar-refractivity contribution in [3.8, 4) is 0 Å². The Morgan fingerprint density at radius 3 is 2.26 bits per heavy atom. The van der Waals surface area contributed by atoms with Crippen LogP contribution in [0.4, 0.5) is 15.8 Å². The zero-order valence-electron chi connectivity index (χ0n) is 14.2. The van der Waals surface area contributed by atoms with Crippen LogP contribution < -0.4 is 9.80 Å². The van der Waals surface area contributed by atoms with Crippen LogP contribution in [-0.2, 0) is 12.8 Å². The molecule has 4 heteroatoms. The molecule has 0 radical (unpaired) electrons. The summed E-state index contributed by atoms with van der Waals surface area (Å²) in [4.78, 5) is 3.34. The SMILES string of the molecule is CCc1cccc(N(C)C(=N)N(C)c2cc(CC)ccc2F)c1. The van der Waals surface area contributed by atoms with Crippen molar-refractivity contribution in [1.82, 2.24) is 0 Å². The van der Waals surface area contributed by atoms with Gasteiger partial charge >= 0.3 is 0 Å². The number of rotatable bonds is 4. The number of guanidine groups is 1. The van der Waals surface area contributed by atoms with Crippen LogP contribution in [0.1, 0.15) is 25.0 Å². The van der Waals surface area contributed by atoms with E-state index >= 15 is 0 Å². The predicted octanol–water partition coefficient (Wildman–Crippen LogP) is 4.46. The van der Waals surface area contributed by atoms with E-state index in [2.05, 4.69) is 19.1 Å². The Balaban J connectivity index is 2.28. The van der Waals surface area contributed by atoms with E-state index in [1.807, 2.05) is 26.1 Å². The fourth-order valence-corrected chi connectivity index (χ4v) is 2.48. The molecule has 0 aliphatic rings. The number of hydrogen-bond donors (Lipinski definition) is 1. The molecule has 0 amide bonds. The first-order chi connectivity index (χ1) is 11.0. The van der Waals surface area contributed by atoms with Gasteiger partial charge in [-0.25, -0.2) is 4.39 Å². The summed E-state index contributed by atoms with van der Waals surface area (Å²) in [7, 11) is 3.55. The summed E-state index contributed by atoms with van der Waals surface area (Å²) < 4.78 is 14.1. The molecular formula is C19H24FN3. The Bertz CT molecular complexity index is 697. The number of nitrogens with one attached hydrogen (secondary N) is 1. The maximum atomic E-state index is 14.1. The smallest absolute Gasteiger partial charge is 0.202 e. The van der Waals surface area contributed by atoms with Crippen LogP contribution >= 0.6 is 0 Å². The summed E-state index contributed by atoms with van der Waals surface area (Å²) in [5, 5.41) is 8.41. The van der Waals surface area contributed by atoms with Crippen LogP contribution in [0.3, 0.4) is 0 Å². The highest BCUT2D eigenvalue weighted by Gasteiger charge is 2.17. The van der Waals surface area contributed by atoms with Gasteiger partial charge in [0.1, 0.15) is 5.82 Å². The molecule has 0 fully saturated rings. The molecule has 0 bridgehead atoms. The third-order valence-corrected chi connectivity index (χ3v) is 4.12. The van der Waals surface area contributed by atoms with Gasteiger partial charge in [-0.15, -0.1) is 0 Å². The minimum absolute atomic E-state index is 0.227. The van der Waals surface area contributed by atoms with E-state index in [-0.39, 0.29) is 11.8 Å². The molecule has 1 N–H and O–H groups in total. The van der Waals surface area contributed by atoms with Gasteiger partial charge in [0, 0.05) is 19.8 Å². The number of aryl methyl sites for hydroxylation is 2. The van der Waals surface area contributed by atoms with Gasteiger partial charge in [0.15, 0.2) is 0 Å². The highest BCUT2D eigenvalue weighted by atomic mass is 19.1. The molecule has 0 spiro atoms. The third-order valence-electron chi connectivity index (χ3n) is 4.12. The summed E-state index contributed by atoms with van der Waals surface area (Å²) in [5.41, 5.74) is 3.61. The van der Waals surface area contributed by atoms with Gasteiger partial charge < -0.3 is 9.80 Å². The minimum Gasteiger partial charge on any atom is -0.316 e. The molecular weight excluding hydrogens is 289 g/mol. The Kier molecular flexibility index (Phi) is 5.37. The van der Waals surface area contributed by atoms with Crippen LogP contribution in [0.25, 0.3) is 0 Å². The molecule has 0 aliphatic heterocycles. The van der Waals surface area contributed by atoms with Crippen LogP contribution in [-0.4, -0.2) is 20.1 Å². The fraction of sp³-hybridized carbons (Fsp3) is 0.316. The molecule has 0 saturated heterocycles. The largest absolute Gasteiger partial charge is 0.316 e. The standard InChI is InChI=1S/C19H24FN3/c1-5-14-8-7-9-16(12-14)22(3)19(21)23(4)18-13-15(6-2)10-11-17(18)20/h7-13,21H,5-6H2,1-4H3. The lowest BCUT2D eigenvalue weighted by molar-refractivity contribution is 0.627. The van der Waals surface area contributed by atoms with Crippen LogP contribution in [0, 0.1) is 11.2 Å². The number of benzene rings is 2. The summed E-state index contributed by atoms with van der Waals surface area (Å²) in [6.45, 7) is 4.13. The van der Waals surface area contributed by atoms with E-state index in [1.54, 1.807) is 29.0 Å². The zero-order chi connectivity index (χ0) is 17.0. The van der Waals surface area contributed by atoms with Gasteiger partial charge in [-0.1, -0.05) is 32.0 Å². The van der Waals surface area contributed by atoms with Gasteiger partial charge in [-0.3, -0.25) is 5.41 Å². The Morgan fingerprint density at radius 2 is 1.61 bits per heavy atom. The Morgan fingerprint density at radius 1 is 0.957 bits per heavy atom. The lowest BCUT2D eigenvalue weighted by Crippen LogP contribution is -2.40. The summed E-state index contributed by atoms with van der Waals surface area (Å²) in [6.07, 6.45) is 1.78. The first-order valence-electron chi connectivity index (χ1n) is 7.91. The second-order valence-corrected chi connectivity index (χ2v) is 5.60. The Hall–Kier alpha value is -2.36. The molecule has 3 nitrogen and oxygen atoms in total. The van der Waals surface area contributed by atoms with E-state index in [0.29, 0.717) is 5.69 Å². The van der Waals surface area contributed by atoms with E-state index < -0.39 is 0 Å². The van der Waals surface area contributed by atoms with Crippen molar-refractivity contribution in [2.24, 2.45) is 0 Å². The molecule has 23 heavy (non-hydrogen) atoms. The third kappa shape index (κ3) is 3.70. The topological polar surface area (TPSA) is 30.3 Å². The average molecular weight is 313 g/mol. The molecule has 2 aromatic rings.